The first-order valence-corrected chi connectivity index (χ1v) is 10.4. The topological polar surface area (TPSA) is 54.9 Å². The van der Waals surface area contributed by atoms with Gasteiger partial charge < -0.3 is 5.32 Å². The first kappa shape index (κ1) is 19.5. The summed E-state index contributed by atoms with van der Waals surface area (Å²) < 4.78 is 0. The SMILES string of the molecule is Cc1cccc(Sc2ccc(NC(=O)CSc3nc(C)cc(C)n3)cc2)c1. The third kappa shape index (κ3) is 6.12. The summed E-state index contributed by atoms with van der Waals surface area (Å²) in [6, 6.07) is 18.2. The van der Waals surface area contributed by atoms with Gasteiger partial charge in [-0.15, -0.1) is 0 Å². The van der Waals surface area contributed by atoms with Crippen LogP contribution in [0.4, 0.5) is 5.69 Å². The number of rotatable bonds is 6. The van der Waals surface area contributed by atoms with E-state index in [4.69, 9.17) is 0 Å². The average Bonchev–Trinajstić information content (AvgIpc) is 2.61. The number of carbonyl (C=O) groups is 1. The number of carbonyl (C=O) groups excluding carboxylic acids is 1. The fourth-order valence-corrected chi connectivity index (χ4v) is 4.19. The highest BCUT2D eigenvalue weighted by molar-refractivity contribution is 7.99. The molecular formula is C21H21N3OS2. The van der Waals surface area contributed by atoms with E-state index in [2.05, 4.69) is 46.5 Å². The molecule has 4 nitrogen and oxygen atoms in total. The molecule has 27 heavy (non-hydrogen) atoms. The molecule has 1 aromatic heterocycles. The summed E-state index contributed by atoms with van der Waals surface area (Å²) in [5.41, 5.74) is 3.85. The Bertz CT molecular complexity index is 922. The number of aryl methyl sites for hydroxylation is 3. The zero-order chi connectivity index (χ0) is 19.2. The third-order valence-electron chi connectivity index (χ3n) is 3.66. The van der Waals surface area contributed by atoms with Crippen LogP contribution in [0.1, 0.15) is 17.0 Å². The van der Waals surface area contributed by atoms with Crippen molar-refractivity contribution in [3.05, 3.63) is 71.5 Å². The maximum atomic E-state index is 12.2. The number of aromatic nitrogens is 2. The molecular weight excluding hydrogens is 374 g/mol. The molecule has 0 bridgehead atoms. The Morgan fingerprint density at radius 1 is 0.926 bits per heavy atom. The second kappa shape index (κ2) is 9.06. The van der Waals surface area contributed by atoms with E-state index < -0.39 is 0 Å². The van der Waals surface area contributed by atoms with Crippen LogP contribution in [0.2, 0.25) is 0 Å². The van der Waals surface area contributed by atoms with E-state index in [-0.39, 0.29) is 11.7 Å². The highest BCUT2D eigenvalue weighted by atomic mass is 32.2. The zero-order valence-electron chi connectivity index (χ0n) is 15.5. The number of anilines is 1. The monoisotopic (exact) mass is 395 g/mol. The van der Waals surface area contributed by atoms with Crippen LogP contribution in [0.5, 0.6) is 0 Å². The van der Waals surface area contributed by atoms with Crippen molar-refractivity contribution in [2.75, 3.05) is 11.1 Å². The molecule has 138 valence electrons. The maximum Gasteiger partial charge on any atom is 0.234 e. The van der Waals surface area contributed by atoms with E-state index in [1.165, 1.54) is 22.2 Å². The Balaban J connectivity index is 1.53. The van der Waals surface area contributed by atoms with Crippen LogP contribution in [0.15, 0.2) is 69.5 Å². The van der Waals surface area contributed by atoms with Crippen LogP contribution in [-0.4, -0.2) is 21.6 Å². The van der Waals surface area contributed by atoms with Crippen molar-refractivity contribution in [1.82, 2.24) is 9.97 Å². The fraction of sp³-hybridized carbons (Fsp3) is 0.190. The van der Waals surface area contributed by atoms with Gasteiger partial charge in [-0.25, -0.2) is 9.97 Å². The summed E-state index contributed by atoms with van der Waals surface area (Å²) >= 11 is 3.05. The van der Waals surface area contributed by atoms with Gasteiger partial charge in [-0.1, -0.05) is 41.2 Å². The Kier molecular flexibility index (Phi) is 6.53. The average molecular weight is 396 g/mol. The van der Waals surface area contributed by atoms with Gasteiger partial charge in [-0.2, -0.15) is 0 Å². The van der Waals surface area contributed by atoms with Crippen molar-refractivity contribution < 1.29 is 4.79 Å². The van der Waals surface area contributed by atoms with Gasteiger partial charge in [0.25, 0.3) is 0 Å². The van der Waals surface area contributed by atoms with Crippen LogP contribution in [0, 0.1) is 20.8 Å². The Morgan fingerprint density at radius 3 is 2.30 bits per heavy atom. The highest BCUT2D eigenvalue weighted by Crippen LogP contribution is 2.29. The molecule has 2 aromatic carbocycles. The van der Waals surface area contributed by atoms with Gasteiger partial charge in [0, 0.05) is 26.9 Å². The fourth-order valence-electron chi connectivity index (χ4n) is 2.51. The lowest BCUT2D eigenvalue weighted by Gasteiger charge is -2.07. The predicted molar refractivity (Wildman–Crippen MR) is 113 cm³/mol. The number of hydrogen-bond acceptors (Lipinski definition) is 5. The van der Waals surface area contributed by atoms with E-state index in [0.29, 0.717) is 5.16 Å². The van der Waals surface area contributed by atoms with Crippen LogP contribution >= 0.6 is 23.5 Å². The van der Waals surface area contributed by atoms with Gasteiger partial charge in [0.2, 0.25) is 5.91 Å². The van der Waals surface area contributed by atoms with Gasteiger partial charge in [0.1, 0.15) is 0 Å². The summed E-state index contributed by atoms with van der Waals surface area (Å²) in [5, 5.41) is 3.55. The third-order valence-corrected chi connectivity index (χ3v) is 5.50. The highest BCUT2D eigenvalue weighted by Gasteiger charge is 2.07. The normalized spacial score (nSPS) is 10.6. The largest absolute Gasteiger partial charge is 0.325 e. The summed E-state index contributed by atoms with van der Waals surface area (Å²) in [7, 11) is 0. The molecule has 0 saturated carbocycles. The van der Waals surface area contributed by atoms with Crippen molar-refractivity contribution >= 4 is 35.1 Å². The molecule has 3 aromatic rings. The number of amides is 1. The van der Waals surface area contributed by atoms with Crippen molar-refractivity contribution in [2.24, 2.45) is 0 Å². The molecule has 0 unspecified atom stereocenters. The summed E-state index contributed by atoms with van der Waals surface area (Å²) in [6.45, 7) is 5.94. The Labute approximate surface area is 168 Å². The smallest absolute Gasteiger partial charge is 0.234 e. The van der Waals surface area contributed by atoms with E-state index in [0.717, 1.165) is 22.0 Å². The van der Waals surface area contributed by atoms with Crippen molar-refractivity contribution in [2.45, 2.75) is 35.7 Å². The summed E-state index contributed by atoms with van der Waals surface area (Å²) in [5.74, 6) is 0.213. The van der Waals surface area contributed by atoms with Crippen LogP contribution in [-0.2, 0) is 4.79 Å². The standard InChI is InChI=1S/C21H21N3OS2/c1-14-5-4-6-19(11-14)27-18-9-7-17(8-10-18)24-20(25)13-26-21-22-15(2)12-16(3)23-21/h4-12H,13H2,1-3H3,(H,24,25). The number of hydrogen-bond donors (Lipinski definition) is 1. The van der Waals surface area contributed by atoms with E-state index >= 15 is 0 Å². The minimum atomic E-state index is -0.0677. The summed E-state index contributed by atoms with van der Waals surface area (Å²) in [4.78, 5) is 23.2. The van der Waals surface area contributed by atoms with Crippen LogP contribution < -0.4 is 5.32 Å². The Morgan fingerprint density at radius 2 is 1.63 bits per heavy atom. The molecule has 1 amide bonds. The maximum absolute atomic E-state index is 12.2. The molecule has 0 fully saturated rings. The first-order chi connectivity index (χ1) is 13.0. The predicted octanol–water partition coefficient (Wildman–Crippen LogP) is 5.28. The van der Waals surface area contributed by atoms with E-state index in [9.17, 15) is 4.79 Å². The lowest BCUT2D eigenvalue weighted by atomic mass is 10.2. The first-order valence-electron chi connectivity index (χ1n) is 8.57. The molecule has 0 aliphatic heterocycles. The quantitative estimate of drug-likeness (QED) is 0.454. The van der Waals surface area contributed by atoms with E-state index in [1.54, 1.807) is 11.8 Å². The van der Waals surface area contributed by atoms with Crippen LogP contribution in [0.25, 0.3) is 0 Å². The number of nitrogens with one attached hydrogen (secondary N) is 1. The van der Waals surface area contributed by atoms with Gasteiger partial charge in [0.15, 0.2) is 5.16 Å². The zero-order valence-corrected chi connectivity index (χ0v) is 17.2. The van der Waals surface area contributed by atoms with Gasteiger partial charge in [0.05, 0.1) is 5.75 Å². The molecule has 0 spiro atoms. The molecule has 3 rings (SSSR count). The molecule has 0 aliphatic carbocycles. The van der Waals surface area contributed by atoms with Crippen LogP contribution in [0.3, 0.4) is 0 Å². The lowest BCUT2D eigenvalue weighted by molar-refractivity contribution is -0.113. The van der Waals surface area contributed by atoms with Gasteiger partial charge in [-0.3, -0.25) is 4.79 Å². The Hall–Kier alpha value is -2.31. The summed E-state index contributed by atoms with van der Waals surface area (Å²) in [6.07, 6.45) is 0. The number of nitrogens with zero attached hydrogens (tertiary/aromatic N) is 2. The molecule has 1 heterocycles. The molecule has 0 saturated heterocycles. The molecule has 6 heteroatoms. The number of thioether (sulfide) groups is 1. The molecule has 0 radical (unpaired) electrons. The molecule has 0 atom stereocenters. The van der Waals surface area contributed by atoms with Crippen molar-refractivity contribution in [3.8, 4) is 0 Å². The molecule has 0 aliphatic rings. The van der Waals surface area contributed by atoms with Crippen molar-refractivity contribution in [1.29, 1.82) is 0 Å². The van der Waals surface area contributed by atoms with Crippen molar-refractivity contribution in [3.63, 3.8) is 0 Å². The second-order valence-corrected chi connectivity index (χ2v) is 8.30. The molecule has 1 N–H and O–H groups in total. The van der Waals surface area contributed by atoms with Gasteiger partial charge in [-0.05, 0) is 63.2 Å². The second-order valence-electron chi connectivity index (χ2n) is 6.21. The van der Waals surface area contributed by atoms with E-state index in [1.807, 2.05) is 44.2 Å². The van der Waals surface area contributed by atoms with Gasteiger partial charge >= 0.3 is 0 Å². The minimum Gasteiger partial charge on any atom is -0.325 e. The lowest BCUT2D eigenvalue weighted by Crippen LogP contribution is -2.14. The minimum absolute atomic E-state index is 0.0677. The number of benzene rings is 2.